The molecule has 1 atom stereocenters. The maximum Gasteiger partial charge on any atom is 0.150 e. The molecule has 4 heteroatoms. The number of hydrogen-bond donors (Lipinski definition) is 0. The average molecular weight is 235 g/mol. The highest BCUT2D eigenvalue weighted by Crippen LogP contribution is 2.19. The maximum absolute atomic E-state index is 5.51. The molecule has 1 aromatic rings. The van der Waals surface area contributed by atoms with Crippen molar-refractivity contribution in [3.05, 3.63) is 17.6 Å². The summed E-state index contributed by atoms with van der Waals surface area (Å²) in [4.78, 5) is 11.1. The van der Waals surface area contributed by atoms with Gasteiger partial charge in [0.15, 0.2) is 0 Å². The van der Waals surface area contributed by atoms with E-state index in [0.29, 0.717) is 5.92 Å². The van der Waals surface area contributed by atoms with Gasteiger partial charge in [-0.2, -0.15) is 0 Å². The SMILES string of the molecule is Cc1cnc(C)c(N(C)CC2CCCOC2)n1. The average Bonchev–Trinajstić information content (AvgIpc) is 2.33. The summed E-state index contributed by atoms with van der Waals surface area (Å²) in [5.41, 5.74) is 1.96. The van der Waals surface area contributed by atoms with Gasteiger partial charge in [-0.1, -0.05) is 0 Å². The molecule has 0 bridgehead atoms. The van der Waals surface area contributed by atoms with Crippen molar-refractivity contribution in [1.82, 2.24) is 9.97 Å². The van der Waals surface area contributed by atoms with E-state index in [9.17, 15) is 0 Å². The zero-order valence-corrected chi connectivity index (χ0v) is 10.9. The normalized spacial score (nSPS) is 20.3. The van der Waals surface area contributed by atoms with Gasteiger partial charge in [-0.05, 0) is 32.6 Å². The molecule has 1 aromatic heterocycles. The lowest BCUT2D eigenvalue weighted by Crippen LogP contribution is -2.32. The molecule has 94 valence electrons. The molecule has 1 saturated heterocycles. The number of nitrogens with zero attached hydrogens (tertiary/aromatic N) is 3. The van der Waals surface area contributed by atoms with Crippen LogP contribution in [0.4, 0.5) is 5.82 Å². The van der Waals surface area contributed by atoms with Crippen molar-refractivity contribution in [2.45, 2.75) is 26.7 Å². The van der Waals surface area contributed by atoms with Crippen LogP contribution in [0, 0.1) is 19.8 Å². The van der Waals surface area contributed by atoms with Crippen molar-refractivity contribution in [2.75, 3.05) is 31.7 Å². The molecule has 0 saturated carbocycles. The molecule has 17 heavy (non-hydrogen) atoms. The van der Waals surface area contributed by atoms with Crippen LogP contribution in [0.3, 0.4) is 0 Å². The van der Waals surface area contributed by atoms with Gasteiger partial charge in [0.1, 0.15) is 5.82 Å². The first-order valence-electron chi connectivity index (χ1n) is 6.26. The van der Waals surface area contributed by atoms with E-state index in [4.69, 9.17) is 4.74 Å². The summed E-state index contributed by atoms with van der Waals surface area (Å²) in [5, 5.41) is 0. The summed E-state index contributed by atoms with van der Waals surface area (Å²) in [6, 6.07) is 0. The Bertz CT molecular complexity index is 375. The van der Waals surface area contributed by atoms with Crippen molar-refractivity contribution in [3.8, 4) is 0 Å². The third kappa shape index (κ3) is 3.16. The second-order valence-corrected chi connectivity index (χ2v) is 4.88. The van der Waals surface area contributed by atoms with Crippen molar-refractivity contribution >= 4 is 5.82 Å². The Hall–Kier alpha value is -1.16. The zero-order valence-electron chi connectivity index (χ0n) is 10.9. The monoisotopic (exact) mass is 235 g/mol. The molecular weight excluding hydrogens is 214 g/mol. The van der Waals surface area contributed by atoms with Crippen molar-refractivity contribution in [2.24, 2.45) is 5.92 Å². The minimum absolute atomic E-state index is 0.621. The Morgan fingerprint density at radius 1 is 1.47 bits per heavy atom. The van der Waals surface area contributed by atoms with Crippen LogP contribution in [0.1, 0.15) is 24.2 Å². The van der Waals surface area contributed by atoms with Crippen LogP contribution >= 0.6 is 0 Å². The molecule has 1 aliphatic heterocycles. The van der Waals surface area contributed by atoms with E-state index in [2.05, 4.69) is 21.9 Å². The molecule has 0 amide bonds. The molecular formula is C13H21N3O. The Morgan fingerprint density at radius 3 is 3.00 bits per heavy atom. The fourth-order valence-corrected chi connectivity index (χ4v) is 2.31. The van der Waals surface area contributed by atoms with Crippen LogP contribution in [-0.2, 0) is 4.74 Å². The van der Waals surface area contributed by atoms with Crippen LogP contribution in [0.15, 0.2) is 6.20 Å². The highest BCUT2D eigenvalue weighted by atomic mass is 16.5. The molecule has 1 unspecified atom stereocenters. The lowest BCUT2D eigenvalue weighted by Gasteiger charge is -2.28. The van der Waals surface area contributed by atoms with Gasteiger partial charge in [-0.25, -0.2) is 4.98 Å². The Kier molecular flexibility index (Phi) is 3.94. The van der Waals surface area contributed by atoms with Gasteiger partial charge >= 0.3 is 0 Å². The van der Waals surface area contributed by atoms with Crippen LogP contribution < -0.4 is 4.90 Å². The van der Waals surface area contributed by atoms with E-state index < -0.39 is 0 Å². The zero-order chi connectivity index (χ0) is 12.3. The molecule has 0 aromatic carbocycles. The van der Waals surface area contributed by atoms with E-state index in [-0.39, 0.29) is 0 Å². The van der Waals surface area contributed by atoms with Gasteiger partial charge < -0.3 is 9.64 Å². The second kappa shape index (κ2) is 5.45. The molecule has 0 radical (unpaired) electrons. The summed E-state index contributed by atoms with van der Waals surface area (Å²) in [7, 11) is 2.09. The fraction of sp³-hybridized carbons (Fsp3) is 0.692. The molecule has 1 aliphatic rings. The van der Waals surface area contributed by atoms with E-state index in [1.54, 1.807) is 0 Å². The smallest absolute Gasteiger partial charge is 0.150 e. The molecule has 2 heterocycles. The maximum atomic E-state index is 5.51. The number of ether oxygens (including phenoxy) is 1. The highest BCUT2D eigenvalue weighted by Gasteiger charge is 2.17. The number of aromatic nitrogens is 2. The molecule has 0 N–H and O–H groups in total. The number of anilines is 1. The lowest BCUT2D eigenvalue weighted by atomic mass is 10.0. The number of rotatable bonds is 3. The fourth-order valence-electron chi connectivity index (χ4n) is 2.31. The quantitative estimate of drug-likeness (QED) is 0.802. The van der Waals surface area contributed by atoms with E-state index >= 15 is 0 Å². The first-order chi connectivity index (χ1) is 8.16. The van der Waals surface area contributed by atoms with Crippen molar-refractivity contribution in [3.63, 3.8) is 0 Å². The topological polar surface area (TPSA) is 38.2 Å². The standard InChI is InChI=1S/C13H21N3O/c1-10-7-14-11(2)13(15-10)16(3)8-12-5-4-6-17-9-12/h7,12H,4-6,8-9H2,1-3H3. The summed E-state index contributed by atoms with van der Waals surface area (Å²) >= 11 is 0. The first-order valence-corrected chi connectivity index (χ1v) is 6.26. The first kappa shape index (κ1) is 12.3. The van der Waals surface area contributed by atoms with Gasteiger partial charge in [0.25, 0.3) is 0 Å². The van der Waals surface area contributed by atoms with Crippen LogP contribution in [0.2, 0.25) is 0 Å². The van der Waals surface area contributed by atoms with Gasteiger partial charge in [0.2, 0.25) is 0 Å². The third-order valence-corrected chi connectivity index (χ3v) is 3.20. The molecule has 0 spiro atoms. The predicted molar refractivity (Wildman–Crippen MR) is 68.3 cm³/mol. The van der Waals surface area contributed by atoms with Crippen LogP contribution in [-0.4, -0.2) is 36.8 Å². The van der Waals surface area contributed by atoms with E-state index in [0.717, 1.165) is 37.0 Å². The summed E-state index contributed by atoms with van der Waals surface area (Å²) in [5.74, 6) is 1.62. The van der Waals surface area contributed by atoms with Gasteiger partial charge in [0, 0.05) is 26.4 Å². The van der Waals surface area contributed by atoms with Gasteiger partial charge in [0.05, 0.1) is 18.0 Å². The third-order valence-electron chi connectivity index (χ3n) is 3.20. The minimum atomic E-state index is 0.621. The van der Waals surface area contributed by atoms with Gasteiger partial charge in [-0.3, -0.25) is 4.98 Å². The largest absolute Gasteiger partial charge is 0.381 e. The predicted octanol–water partition coefficient (Wildman–Crippen LogP) is 1.96. The van der Waals surface area contributed by atoms with Crippen molar-refractivity contribution < 1.29 is 4.74 Å². The Labute approximate surface area is 103 Å². The lowest BCUT2D eigenvalue weighted by molar-refractivity contribution is 0.0576. The minimum Gasteiger partial charge on any atom is -0.381 e. The van der Waals surface area contributed by atoms with Crippen LogP contribution in [0.25, 0.3) is 0 Å². The second-order valence-electron chi connectivity index (χ2n) is 4.88. The Balaban J connectivity index is 2.02. The van der Waals surface area contributed by atoms with Gasteiger partial charge in [-0.15, -0.1) is 0 Å². The Morgan fingerprint density at radius 2 is 2.29 bits per heavy atom. The summed E-state index contributed by atoms with van der Waals surface area (Å²) < 4.78 is 5.51. The number of hydrogen-bond acceptors (Lipinski definition) is 4. The molecule has 2 rings (SSSR count). The van der Waals surface area contributed by atoms with E-state index in [1.807, 2.05) is 20.0 Å². The summed E-state index contributed by atoms with van der Waals surface area (Å²) in [6.45, 7) is 6.79. The molecule has 4 nitrogen and oxygen atoms in total. The van der Waals surface area contributed by atoms with Crippen LogP contribution in [0.5, 0.6) is 0 Å². The number of aryl methyl sites for hydroxylation is 2. The van der Waals surface area contributed by atoms with E-state index in [1.165, 1.54) is 12.8 Å². The highest BCUT2D eigenvalue weighted by molar-refractivity contribution is 5.42. The molecule has 0 aliphatic carbocycles. The molecule has 1 fully saturated rings. The summed E-state index contributed by atoms with van der Waals surface area (Å²) in [6.07, 6.45) is 4.25. The van der Waals surface area contributed by atoms with Crippen molar-refractivity contribution in [1.29, 1.82) is 0 Å².